The molecule has 0 aliphatic carbocycles. The van der Waals surface area contributed by atoms with Gasteiger partial charge in [0.1, 0.15) is 0 Å². The SMILES string of the molecule is O=C(Cc1ccc(C(F)(F)F)cc1)N1CCN(c2ccc(Cl)cc2Cl)C(c2ccc(Cl)cc2)C1. The third-order valence-corrected chi connectivity index (χ3v) is 6.63. The minimum absolute atomic E-state index is 0.0210. The Morgan fingerprint density at radius 1 is 0.882 bits per heavy atom. The van der Waals surface area contributed by atoms with Gasteiger partial charge in [-0.05, 0) is 53.6 Å². The maximum absolute atomic E-state index is 13.1. The fourth-order valence-corrected chi connectivity index (χ4v) is 4.72. The van der Waals surface area contributed by atoms with Crippen LogP contribution in [0.25, 0.3) is 0 Å². The number of hydrogen-bond acceptors (Lipinski definition) is 2. The van der Waals surface area contributed by atoms with E-state index in [1.54, 1.807) is 29.2 Å². The number of rotatable bonds is 4. The zero-order valence-corrected chi connectivity index (χ0v) is 20.1. The number of hydrogen-bond donors (Lipinski definition) is 0. The van der Waals surface area contributed by atoms with Crippen LogP contribution in [0.2, 0.25) is 15.1 Å². The van der Waals surface area contributed by atoms with E-state index in [2.05, 4.69) is 4.90 Å². The van der Waals surface area contributed by atoms with Crippen molar-refractivity contribution in [3.8, 4) is 0 Å². The van der Waals surface area contributed by atoms with E-state index in [0.29, 0.717) is 40.3 Å². The van der Waals surface area contributed by atoms with Crippen LogP contribution < -0.4 is 4.90 Å². The molecule has 0 radical (unpaired) electrons. The monoisotopic (exact) mass is 526 g/mol. The number of benzene rings is 3. The van der Waals surface area contributed by atoms with Crippen molar-refractivity contribution in [2.75, 3.05) is 24.5 Å². The molecule has 178 valence electrons. The Morgan fingerprint density at radius 3 is 2.15 bits per heavy atom. The van der Waals surface area contributed by atoms with Gasteiger partial charge < -0.3 is 9.80 Å². The standard InChI is InChI=1S/C25H20Cl3F3N2O/c26-19-7-3-17(4-8-19)23-15-32(11-12-33(23)22-10-9-20(27)14-21(22)28)24(34)13-16-1-5-18(6-2-16)25(29,30)31/h1-10,14,23H,11-13,15H2. The molecule has 0 aromatic heterocycles. The minimum atomic E-state index is -4.41. The summed E-state index contributed by atoms with van der Waals surface area (Å²) in [5, 5.41) is 1.64. The van der Waals surface area contributed by atoms with Gasteiger partial charge in [-0.3, -0.25) is 4.79 Å². The lowest BCUT2D eigenvalue weighted by Crippen LogP contribution is -2.51. The number of halogens is 6. The van der Waals surface area contributed by atoms with Crippen molar-refractivity contribution in [1.82, 2.24) is 4.90 Å². The second kappa shape index (κ2) is 10.1. The van der Waals surface area contributed by atoms with Gasteiger partial charge in [0, 0.05) is 29.7 Å². The molecule has 1 saturated heterocycles. The lowest BCUT2D eigenvalue weighted by molar-refractivity contribution is -0.137. The molecule has 0 saturated carbocycles. The van der Waals surface area contributed by atoms with E-state index in [0.717, 1.165) is 23.4 Å². The Morgan fingerprint density at radius 2 is 1.53 bits per heavy atom. The van der Waals surface area contributed by atoms with Gasteiger partial charge in [-0.15, -0.1) is 0 Å². The summed E-state index contributed by atoms with van der Waals surface area (Å²) < 4.78 is 38.5. The average molecular weight is 528 g/mol. The molecule has 1 fully saturated rings. The third kappa shape index (κ3) is 5.62. The topological polar surface area (TPSA) is 23.6 Å². The summed E-state index contributed by atoms with van der Waals surface area (Å²) in [5.41, 5.74) is 1.56. The average Bonchev–Trinajstić information content (AvgIpc) is 2.79. The fraction of sp³-hybridized carbons (Fsp3) is 0.240. The fourth-order valence-electron chi connectivity index (χ4n) is 4.08. The van der Waals surface area contributed by atoms with Gasteiger partial charge in [-0.25, -0.2) is 0 Å². The third-order valence-electron chi connectivity index (χ3n) is 5.84. The first-order valence-electron chi connectivity index (χ1n) is 10.5. The van der Waals surface area contributed by atoms with E-state index >= 15 is 0 Å². The van der Waals surface area contributed by atoms with Crippen LogP contribution in [0, 0.1) is 0 Å². The van der Waals surface area contributed by atoms with Gasteiger partial charge in [0.2, 0.25) is 5.91 Å². The van der Waals surface area contributed by atoms with Gasteiger partial charge in [0.05, 0.1) is 28.7 Å². The Balaban J connectivity index is 1.55. The van der Waals surface area contributed by atoms with Crippen molar-refractivity contribution in [2.45, 2.75) is 18.6 Å². The van der Waals surface area contributed by atoms with E-state index in [9.17, 15) is 18.0 Å². The molecule has 0 N–H and O–H groups in total. The first kappa shape index (κ1) is 24.7. The number of carbonyl (C=O) groups is 1. The highest BCUT2D eigenvalue weighted by atomic mass is 35.5. The Hall–Kier alpha value is -2.41. The molecule has 1 aliphatic rings. The first-order valence-corrected chi connectivity index (χ1v) is 11.7. The number of alkyl halides is 3. The highest BCUT2D eigenvalue weighted by molar-refractivity contribution is 6.36. The molecule has 9 heteroatoms. The second-order valence-electron chi connectivity index (χ2n) is 8.07. The molecule has 3 aromatic rings. The lowest BCUT2D eigenvalue weighted by Gasteiger charge is -2.43. The van der Waals surface area contributed by atoms with Crippen molar-refractivity contribution in [2.24, 2.45) is 0 Å². The van der Waals surface area contributed by atoms with Gasteiger partial charge in [-0.1, -0.05) is 59.1 Å². The normalized spacial score (nSPS) is 16.6. The van der Waals surface area contributed by atoms with Crippen molar-refractivity contribution in [3.63, 3.8) is 0 Å². The van der Waals surface area contributed by atoms with Gasteiger partial charge in [0.25, 0.3) is 0 Å². The molecule has 4 rings (SSSR count). The molecule has 1 aliphatic heterocycles. The Kier molecular flexibility index (Phi) is 7.31. The molecule has 0 bridgehead atoms. The van der Waals surface area contributed by atoms with Crippen LogP contribution in [-0.4, -0.2) is 30.4 Å². The molecule has 1 atom stereocenters. The van der Waals surface area contributed by atoms with E-state index in [4.69, 9.17) is 34.8 Å². The van der Waals surface area contributed by atoms with E-state index in [1.165, 1.54) is 12.1 Å². The number of carbonyl (C=O) groups excluding carboxylic acids is 1. The molecule has 1 unspecified atom stereocenters. The Labute approximate surface area is 210 Å². The van der Waals surface area contributed by atoms with Crippen molar-refractivity contribution in [1.29, 1.82) is 0 Å². The van der Waals surface area contributed by atoms with Crippen LogP contribution in [0.5, 0.6) is 0 Å². The molecule has 1 heterocycles. The van der Waals surface area contributed by atoms with Crippen LogP contribution in [0.3, 0.4) is 0 Å². The van der Waals surface area contributed by atoms with E-state index < -0.39 is 11.7 Å². The lowest BCUT2D eigenvalue weighted by atomic mass is 10.0. The number of nitrogens with zero attached hydrogens (tertiary/aromatic N) is 2. The van der Waals surface area contributed by atoms with Crippen LogP contribution in [0.1, 0.15) is 22.7 Å². The minimum Gasteiger partial charge on any atom is -0.360 e. The summed E-state index contributed by atoms with van der Waals surface area (Å²) in [6.07, 6.45) is -4.39. The van der Waals surface area contributed by atoms with Gasteiger partial charge in [0.15, 0.2) is 0 Å². The van der Waals surface area contributed by atoms with Crippen LogP contribution >= 0.6 is 34.8 Å². The highest BCUT2D eigenvalue weighted by Crippen LogP contribution is 2.37. The summed E-state index contributed by atoms with van der Waals surface area (Å²) in [5.74, 6) is -0.152. The summed E-state index contributed by atoms with van der Waals surface area (Å²) >= 11 is 18.6. The highest BCUT2D eigenvalue weighted by Gasteiger charge is 2.33. The quantitative estimate of drug-likeness (QED) is 0.355. The van der Waals surface area contributed by atoms with E-state index in [1.807, 2.05) is 18.2 Å². The van der Waals surface area contributed by atoms with Crippen molar-refractivity contribution in [3.05, 3.63) is 98.5 Å². The smallest absolute Gasteiger partial charge is 0.360 e. The number of anilines is 1. The molecular formula is C25H20Cl3F3N2O. The predicted molar refractivity (Wildman–Crippen MR) is 130 cm³/mol. The van der Waals surface area contributed by atoms with Gasteiger partial charge >= 0.3 is 6.18 Å². The Bertz CT molecular complexity index is 1170. The largest absolute Gasteiger partial charge is 0.416 e. The maximum atomic E-state index is 13.1. The summed E-state index contributed by atoms with van der Waals surface area (Å²) in [6.45, 7) is 1.36. The first-order chi connectivity index (χ1) is 16.1. The van der Waals surface area contributed by atoms with Crippen molar-refractivity contribution >= 4 is 46.4 Å². The predicted octanol–water partition coefficient (Wildman–Crippen LogP) is 7.30. The molecule has 3 aromatic carbocycles. The summed E-state index contributed by atoms with van der Waals surface area (Å²) in [7, 11) is 0. The van der Waals surface area contributed by atoms with Crippen LogP contribution in [-0.2, 0) is 17.4 Å². The summed E-state index contributed by atoms with van der Waals surface area (Å²) in [4.78, 5) is 16.9. The summed E-state index contributed by atoms with van der Waals surface area (Å²) in [6, 6.07) is 17.2. The molecule has 0 spiro atoms. The van der Waals surface area contributed by atoms with Crippen LogP contribution in [0.15, 0.2) is 66.7 Å². The van der Waals surface area contributed by atoms with Crippen LogP contribution in [0.4, 0.5) is 18.9 Å². The molecular weight excluding hydrogens is 508 g/mol. The molecule has 3 nitrogen and oxygen atoms in total. The number of amides is 1. The zero-order valence-electron chi connectivity index (χ0n) is 17.8. The molecule has 34 heavy (non-hydrogen) atoms. The van der Waals surface area contributed by atoms with Gasteiger partial charge in [-0.2, -0.15) is 13.2 Å². The second-order valence-corrected chi connectivity index (χ2v) is 9.35. The van der Waals surface area contributed by atoms with E-state index in [-0.39, 0.29) is 18.4 Å². The zero-order chi connectivity index (χ0) is 24.5. The maximum Gasteiger partial charge on any atom is 0.416 e. The number of piperazine rings is 1. The molecule has 1 amide bonds. The van der Waals surface area contributed by atoms with Crippen molar-refractivity contribution < 1.29 is 18.0 Å².